The summed E-state index contributed by atoms with van der Waals surface area (Å²) in [5.41, 5.74) is 24.9. The van der Waals surface area contributed by atoms with Gasteiger partial charge in [-0.05, 0) is 112 Å². The lowest BCUT2D eigenvalue weighted by Gasteiger charge is -2.32. The maximum absolute atomic E-state index is 12.7. The third-order valence-electron chi connectivity index (χ3n) is 15.9. The third-order valence-corrected chi connectivity index (χ3v) is 16.3. The summed E-state index contributed by atoms with van der Waals surface area (Å²) in [5, 5.41) is 18.7. The maximum atomic E-state index is 12.7. The Balaban J connectivity index is 0.924. The molecule has 0 spiro atoms. The monoisotopic (exact) mass is 1170 g/mol. The second-order valence-corrected chi connectivity index (χ2v) is 22.7. The number of nitrogens with one attached hydrogen (secondary N) is 2. The van der Waals surface area contributed by atoms with E-state index in [1.807, 2.05) is 0 Å². The Bertz CT molecular complexity index is 3020. The number of halogens is 1. The van der Waals surface area contributed by atoms with Crippen molar-refractivity contribution in [1.29, 1.82) is 0 Å². The second-order valence-electron chi connectivity index (χ2n) is 22.3. The van der Waals surface area contributed by atoms with Gasteiger partial charge in [0.15, 0.2) is 0 Å². The van der Waals surface area contributed by atoms with Crippen LogP contribution in [0.2, 0.25) is 0 Å². The summed E-state index contributed by atoms with van der Waals surface area (Å²) in [6, 6.07) is 26.5. The molecule has 18 nitrogen and oxygen atoms in total. The van der Waals surface area contributed by atoms with Gasteiger partial charge in [0.25, 0.3) is 0 Å². The number of azide groups is 2. The largest absolute Gasteiger partial charge is 0.379 e. The minimum atomic E-state index is -0.271. The van der Waals surface area contributed by atoms with Gasteiger partial charge >= 0.3 is 0 Å². The lowest BCUT2D eigenvalue weighted by molar-refractivity contribution is -0.122. The van der Waals surface area contributed by atoms with E-state index in [0.717, 1.165) is 80.6 Å². The summed E-state index contributed by atoms with van der Waals surface area (Å²) in [4.78, 5) is 35.9. The molecule has 1 unspecified atom stereocenters. The van der Waals surface area contributed by atoms with Crippen molar-refractivity contribution in [2.45, 2.75) is 109 Å². The highest BCUT2D eigenvalue weighted by Crippen LogP contribution is 2.52. The molecule has 3 aliphatic rings. The van der Waals surface area contributed by atoms with Crippen molar-refractivity contribution in [2.75, 3.05) is 128 Å². The van der Waals surface area contributed by atoms with E-state index in [0.29, 0.717) is 118 Å². The fraction of sp³-hybridized carbons (Fsp3) is 0.538. The molecular weight excluding hydrogens is 1080 g/mol. The van der Waals surface area contributed by atoms with Crippen LogP contribution in [0.3, 0.4) is 0 Å². The number of anilines is 2. The van der Waals surface area contributed by atoms with Gasteiger partial charge in [0.2, 0.25) is 11.8 Å². The lowest BCUT2D eigenvalue weighted by atomic mass is 9.78. The Morgan fingerprint density at radius 2 is 1.11 bits per heavy atom. The first-order valence-electron chi connectivity index (χ1n) is 30.1. The molecule has 4 aromatic carbocycles. The summed E-state index contributed by atoms with van der Waals surface area (Å²) in [6.45, 7) is 17.6. The van der Waals surface area contributed by atoms with Crippen LogP contribution in [0.4, 0.5) is 11.4 Å². The molecule has 4 aromatic rings. The maximum Gasteiger partial charge on any atom is 0.220 e. The van der Waals surface area contributed by atoms with E-state index in [1.54, 1.807) is 0 Å². The zero-order chi connectivity index (χ0) is 59.4. The number of amides is 2. The van der Waals surface area contributed by atoms with Crippen molar-refractivity contribution in [3.63, 3.8) is 0 Å². The van der Waals surface area contributed by atoms with Gasteiger partial charge in [0.1, 0.15) is 0 Å². The van der Waals surface area contributed by atoms with Crippen LogP contribution >= 0.6 is 11.6 Å². The number of carbonyl (C=O) groups excluding carboxylic acids is 2. The van der Waals surface area contributed by atoms with Gasteiger partial charge < -0.3 is 48.9 Å². The fourth-order valence-electron chi connectivity index (χ4n) is 11.7. The number of hydrogen-bond donors (Lipinski definition) is 2. The smallest absolute Gasteiger partial charge is 0.220 e. The highest BCUT2D eigenvalue weighted by molar-refractivity contribution is 6.33. The number of unbranched alkanes of at least 4 members (excludes halogenated alkanes) is 4. The molecule has 0 radical (unpaired) electrons. The van der Waals surface area contributed by atoms with E-state index in [-0.39, 0.29) is 28.7 Å². The molecule has 2 amide bonds. The van der Waals surface area contributed by atoms with Crippen LogP contribution in [0.25, 0.3) is 42.4 Å². The SMILES string of the molecule is CC1(C)/C(=C\C=C2/CCC(/C=C/C3N(CCCCCC(=O)NCCOCCOCCOCCN=[N+]=[N-])c4ccc5ccccc5c4C3(C)C)=C2Cl)N(CCCCCC(=O)NCCOCCOCCOCCN=[N+]=[N-])c2ccc3ccccc3c21. The van der Waals surface area contributed by atoms with Gasteiger partial charge in [0, 0.05) is 94.9 Å². The van der Waals surface area contributed by atoms with Crippen LogP contribution in [0.5, 0.6) is 0 Å². The van der Waals surface area contributed by atoms with Gasteiger partial charge in [-0.2, -0.15) is 0 Å². The molecule has 0 fully saturated rings. The molecule has 7 rings (SSSR count). The topological polar surface area (TPSA) is 218 Å². The number of nitrogens with zero attached hydrogens (tertiary/aromatic N) is 8. The molecule has 1 atom stereocenters. The van der Waals surface area contributed by atoms with E-state index < -0.39 is 0 Å². The predicted molar refractivity (Wildman–Crippen MR) is 336 cm³/mol. The fourth-order valence-corrected chi connectivity index (χ4v) is 12.0. The number of allylic oxidation sites excluding steroid dienone is 7. The van der Waals surface area contributed by atoms with Gasteiger partial charge in [-0.1, -0.05) is 141 Å². The van der Waals surface area contributed by atoms with Gasteiger partial charge in [-0.15, -0.1) is 0 Å². The molecule has 0 bridgehead atoms. The standard InChI is InChI=1S/C65H87ClN10O8/c1-64(2)57(75(55-27-23-49-15-9-11-17-53(49)61(55)64)35-13-5-7-19-59(77)69-31-37-79-41-45-83-47-43-81-39-33-71-73-67)29-25-51-21-22-52(63(51)66)26-30-58-65(3,4)62-54-18-12-10-16-50(54)24-28-56(62)76(58)36-14-6-8-20-60(78)70-32-38-80-42-46-84-48-44-82-40-34-72-74-68/h9-12,15-18,23-30,57H,5-8,13-14,19-22,31-48H2,1-4H3,(H,69,77)(H,70,78)/b29-25+,52-26+,58-30+. The number of rotatable bonds is 39. The number of benzene rings is 4. The second kappa shape index (κ2) is 34.5. The van der Waals surface area contributed by atoms with Crippen molar-refractivity contribution >= 4 is 56.3 Å². The molecule has 1 aliphatic carbocycles. The van der Waals surface area contributed by atoms with Crippen LogP contribution in [0, 0.1) is 0 Å². The summed E-state index contributed by atoms with van der Waals surface area (Å²) >= 11 is 7.42. The van der Waals surface area contributed by atoms with Crippen molar-refractivity contribution < 1.29 is 38.0 Å². The summed E-state index contributed by atoms with van der Waals surface area (Å²) < 4.78 is 32.8. The van der Waals surface area contributed by atoms with Crippen molar-refractivity contribution in [2.24, 2.45) is 10.2 Å². The van der Waals surface area contributed by atoms with Crippen molar-refractivity contribution in [1.82, 2.24) is 10.6 Å². The van der Waals surface area contributed by atoms with Crippen LogP contribution in [0.15, 0.2) is 129 Å². The Morgan fingerprint density at radius 1 is 0.607 bits per heavy atom. The summed E-state index contributed by atoms with van der Waals surface area (Å²) in [6.07, 6.45) is 17.3. The average molecular weight is 1170 g/mol. The molecule has 2 N–H and O–H groups in total. The number of hydrogen-bond acceptors (Lipinski definition) is 12. The van der Waals surface area contributed by atoms with Crippen LogP contribution in [-0.4, -0.2) is 136 Å². The highest BCUT2D eigenvalue weighted by Gasteiger charge is 2.44. The van der Waals surface area contributed by atoms with Gasteiger partial charge in [-0.3, -0.25) is 9.59 Å². The molecular formula is C65H87ClN10O8. The lowest BCUT2D eigenvalue weighted by Crippen LogP contribution is -2.40. The van der Waals surface area contributed by atoms with E-state index in [4.69, 9.17) is 51.1 Å². The average Bonchev–Trinajstić information content (AvgIpc) is 3.05. The van der Waals surface area contributed by atoms with E-state index >= 15 is 0 Å². The minimum absolute atomic E-state index is 0.0313. The summed E-state index contributed by atoms with van der Waals surface area (Å²) in [5.74, 6) is 0.0665. The third kappa shape index (κ3) is 18.5. The van der Waals surface area contributed by atoms with Crippen molar-refractivity contribution in [3.8, 4) is 0 Å². The number of ether oxygens (including phenoxy) is 6. The first-order chi connectivity index (χ1) is 41.0. The molecule has 0 aromatic heterocycles. The quantitative estimate of drug-likeness (QED) is 0.0186. The van der Waals surface area contributed by atoms with Crippen LogP contribution in [0.1, 0.15) is 103 Å². The van der Waals surface area contributed by atoms with Crippen LogP contribution in [-0.2, 0) is 48.8 Å². The van der Waals surface area contributed by atoms with Crippen LogP contribution < -0.4 is 20.4 Å². The van der Waals surface area contributed by atoms with Gasteiger partial charge in [-0.25, -0.2) is 0 Å². The van der Waals surface area contributed by atoms with E-state index in [2.05, 4.69) is 165 Å². The molecule has 2 aliphatic heterocycles. The van der Waals surface area contributed by atoms with Gasteiger partial charge in [0.05, 0.1) is 85.3 Å². The molecule has 0 saturated carbocycles. The van der Waals surface area contributed by atoms with E-state index in [1.165, 1.54) is 49.7 Å². The number of carbonyl (C=O) groups is 2. The Hall–Kier alpha value is -6.43. The van der Waals surface area contributed by atoms with Crippen molar-refractivity contribution in [3.05, 3.63) is 151 Å². The molecule has 0 saturated heterocycles. The Labute approximate surface area is 501 Å². The highest BCUT2D eigenvalue weighted by atomic mass is 35.5. The Kier molecular flexibility index (Phi) is 26.8. The molecule has 19 heteroatoms. The normalized spacial score (nSPS) is 16.9. The zero-order valence-corrected chi connectivity index (χ0v) is 50.6. The zero-order valence-electron chi connectivity index (χ0n) is 49.8. The Morgan fingerprint density at radius 3 is 1.67 bits per heavy atom. The molecule has 2 heterocycles. The predicted octanol–water partition coefficient (Wildman–Crippen LogP) is 13.0. The minimum Gasteiger partial charge on any atom is -0.379 e. The first kappa shape index (κ1) is 65.1. The first-order valence-corrected chi connectivity index (χ1v) is 30.4. The molecule has 84 heavy (non-hydrogen) atoms. The van der Waals surface area contributed by atoms with E-state index in [9.17, 15) is 9.59 Å². The molecule has 452 valence electrons. The number of fused-ring (bicyclic) bond motifs is 6. The summed E-state index contributed by atoms with van der Waals surface area (Å²) in [7, 11) is 0.